The molecule has 3 aliphatic heterocycles. The first kappa shape index (κ1) is 28.2. The van der Waals surface area contributed by atoms with E-state index in [1.54, 1.807) is 54.5 Å². The van der Waals surface area contributed by atoms with E-state index in [0.29, 0.717) is 43.9 Å². The van der Waals surface area contributed by atoms with Crippen molar-refractivity contribution in [3.8, 4) is 5.75 Å². The number of anilines is 2. The molecule has 220 valence electrons. The van der Waals surface area contributed by atoms with E-state index in [1.807, 2.05) is 11.0 Å². The van der Waals surface area contributed by atoms with Crippen molar-refractivity contribution in [2.45, 2.75) is 31.2 Å². The van der Waals surface area contributed by atoms with Crippen molar-refractivity contribution in [3.63, 3.8) is 0 Å². The molecule has 0 spiro atoms. The summed E-state index contributed by atoms with van der Waals surface area (Å²) in [5, 5.41) is 0. The maximum Gasteiger partial charge on any atom is 0.253 e. The van der Waals surface area contributed by atoms with Gasteiger partial charge < -0.3 is 24.3 Å². The summed E-state index contributed by atoms with van der Waals surface area (Å²) in [4.78, 5) is 34.1. The van der Waals surface area contributed by atoms with Crippen molar-refractivity contribution in [2.75, 3.05) is 57.8 Å². The van der Waals surface area contributed by atoms with E-state index in [0.717, 1.165) is 49.4 Å². The summed E-state index contributed by atoms with van der Waals surface area (Å²) in [6, 6.07) is 18.8. The molecule has 2 unspecified atom stereocenters. The largest absolute Gasteiger partial charge is 0.497 e. The van der Waals surface area contributed by atoms with Crippen LogP contribution in [0.2, 0.25) is 0 Å². The second kappa shape index (κ2) is 12.1. The van der Waals surface area contributed by atoms with Crippen molar-refractivity contribution in [3.05, 3.63) is 89.5 Å². The van der Waals surface area contributed by atoms with Crippen LogP contribution in [0.4, 0.5) is 20.2 Å². The van der Waals surface area contributed by atoms with E-state index in [4.69, 9.17) is 4.74 Å². The van der Waals surface area contributed by atoms with Crippen molar-refractivity contribution in [2.24, 2.45) is 0 Å². The van der Waals surface area contributed by atoms with Crippen LogP contribution >= 0.6 is 0 Å². The van der Waals surface area contributed by atoms with Gasteiger partial charge in [-0.1, -0.05) is 0 Å². The Hall–Kier alpha value is -3.98. The summed E-state index contributed by atoms with van der Waals surface area (Å²) in [7, 11) is 1.59. The van der Waals surface area contributed by atoms with Crippen LogP contribution in [0.3, 0.4) is 0 Å². The number of fused-ring (bicyclic) bond motifs is 3. The molecule has 0 saturated carbocycles. The molecule has 2 saturated heterocycles. The van der Waals surface area contributed by atoms with E-state index in [9.17, 15) is 18.4 Å². The van der Waals surface area contributed by atoms with Crippen molar-refractivity contribution in [1.29, 1.82) is 0 Å². The molecule has 0 N–H and O–H groups in total. The number of amides is 2. The minimum atomic E-state index is -0.276. The molecule has 2 atom stereocenters. The molecule has 6 rings (SSSR count). The van der Waals surface area contributed by atoms with Crippen LogP contribution in [0.25, 0.3) is 0 Å². The van der Waals surface area contributed by atoms with Gasteiger partial charge in [0.25, 0.3) is 5.91 Å². The number of carbonyl (C=O) groups excluding carboxylic acids is 2. The molecule has 3 aliphatic rings. The molecule has 9 heteroatoms. The zero-order chi connectivity index (χ0) is 29.2. The summed E-state index contributed by atoms with van der Waals surface area (Å²) >= 11 is 0. The molecule has 0 radical (unpaired) electrons. The Kier molecular flexibility index (Phi) is 8.11. The highest BCUT2D eigenvalue weighted by molar-refractivity contribution is 5.94. The number of rotatable bonds is 7. The Morgan fingerprint density at radius 2 is 1.55 bits per heavy atom. The summed E-state index contributed by atoms with van der Waals surface area (Å²) in [6.07, 6.45) is 2.11. The maximum atomic E-state index is 14.3. The molecule has 3 heterocycles. The van der Waals surface area contributed by atoms with Crippen LogP contribution in [0, 0.1) is 11.6 Å². The first-order valence-electron chi connectivity index (χ1n) is 14.7. The summed E-state index contributed by atoms with van der Waals surface area (Å²) in [6.45, 7) is 4.59. The first-order chi connectivity index (χ1) is 20.4. The summed E-state index contributed by atoms with van der Waals surface area (Å²) in [5.41, 5.74) is 3.51. The van der Waals surface area contributed by atoms with Crippen molar-refractivity contribution in [1.82, 2.24) is 14.7 Å². The second-order valence-corrected chi connectivity index (χ2v) is 11.3. The van der Waals surface area contributed by atoms with Crippen LogP contribution in [0.1, 0.15) is 41.1 Å². The molecular weight excluding hydrogens is 538 g/mol. The van der Waals surface area contributed by atoms with Crippen LogP contribution in [0.5, 0.6) is 5.75 Å². The third kappa shape index (κ3) is 5.70. The van der Waals surface area contributed by atoms with Gasteiger partial charge in [-0.15, -0.1) is 0 Å². The molecule has 0 aliphatic carbocycles. The van der Waals surface area contributed by atoms with Gasteiger partial charge >= 0.3 is 0 Å². The number of piperidine rings is 1. The highest BCUT2D eigenvalue weighted by Crippen LogP contribution is 2.48. The topological polar surface area (TPSA) is 56.3 Å². The van der Waals surface area contributed by atoms with Gasteiger partial charge in [-0.2, -0.15) is 0 Å². The number of methoxy groups -OCH3 is 1. The van der Waals surface area contributed by atoms with Crippen molar-refractivity contribution >= 4 is 23.2 Å². The second-order valence-electron chi connectivity index (χ2n) is 11.3. The molecule has 42 heavy (non-hydrogen) atoms. The predicted molar refractivity (Wildman–Crippen MR) is 157 cm³/mol. The number of ether oxygens (including phenoxy) is 1. The average Bonchev–Trinajstić information content (AvgIpc) is 3.34. The van der Waals surface area contributed by atoms with Gasteiger partial charge in [0.15, 0.2) is 0 Å². The Bertz CT molecular complexity index is 1420. The Balaban J connectivity index is 1.00. The van der Waals surface area contributed by atoms with E-state index in [1.165, 1.54) is 18.2 Å². The third-order valence-electron chi connectivity index (χ3n) is 8.87. The molecular formula is C33H36F2N4O3. The van der Waals surface area contributed by atoms with Crippen molar-refractivity contribution < 1.29 is 23.1 Å². The summed E-state index contributed by atoms with van der Waals surface area (Å²) < 4.78 is 33.1. The standard InChI is InChI=1S/C33H36F2N4O3/c1-42-27-11-4-23(5-12-27)33(41)38-19-17-37(18-20-38)32(40)3-2-15-36-16-14-31-29(22-36)28-21-25(35)8-13-30(28)39(31)26-9-6-24(34)7-10-26/h4-13,21,29,31H,2-3,14-20,22H2,1H3. The van der Waals surface area contributed by atoms with Crippen LogP contribution < -0.4 is 9.64 Å². The molecule has 0 bridgehead atoms. The van der Waals surface area contributed by atoms with Gasteiger partial charge in [0.1, 0.15) is 17.4 Å². The number of hydrogen-bond acceptors (Lipinski definition) is 5. The lowest BCUT2D eigenvalue weighted by Gasteiger charge is -2.39. The monoisotopic (exact) mass is 574 g/mol. The van der Waals surface area contributed by atoms with E-state index < -0.39 is 0 Å². The van der Waals surface area contributed by atoms with Gasteiger partial charge in [0.05, 0.1) is 7.11 Å². The number of likely N-dealkylation sites (tertiary alicyclic amines) is 1. The average molecular weight is 575 g/mol. The minimum absolute atomic E-state index is 0.0282. The lowest BCUT2D eigenvalue weighted by atomic mass is 9.89. The number of nitrogens with zero attached hydrogens (tertiary/aromatic N) is 4. The first-order valence-corrected chi connectivity index (χ1v) is 14.7. The number of benzene rings is 3. The Labute approximate surface area is 245 Å². The normalized spacial score (nSPS) is 20.3. The third-order valence-corrected chi connectivity index (χ3v) is 8.87. The lowest BCUT2D eigenvalue weighted by molar-refractivity contribution is -0.132. The molecule has 0 aromatic heterocycles. The highest BCUT2D eigenvalue weighted by Gasteiger charge is 2.42. The fourth-order valence-corrected chi connectivity index (χ4v) is 6.66. The zero-order valence-corrected chi connectivity index (χ0v) is 23.8. The fraction of sp³-hybridized carbons (Fsp3) is 0.394. The van der Waals surface area contributed by atoms with Gasteiger partial charge in [-0.05, 0) is 91.7 Å². The maximum absolute atomic E-state index is 14.3. The SMILES string of the molecule is COc1ccc(C(=O)N2CCN(C(=O)CCCN3CCC4C(C3)c3cc(F)ccc3N4c3ccc(F)cc3)CC2)cc1. The zero-order valence-electron chi connectivity index (χ0n) is 23.8. The molecule has 3 aromatic rings. The van der Waals surface area contributed by atoms with Gasteiger partial charge in [0, 0.05) is 74.6 Å². The quantitative estimate of drug-likeness (QED) is 0.396. The fourth-order valence-electron chi connectivity index (χ4n) is 6.66. The molecule has 7 nitrogen and oxygen atoms in total. The van der Waals surface area contributed by atoms with E-state index >= 15 is 0 Å². The number of halogens is 2. The van der Waals surface area contributed by atoms with E-state index in [-0.39, 0.29) is 35.4 Å². The lowest BCUT2D eigenvalue weighted by Crippen LogP contribution is -2.50. The van der Waals surface area contributed by atoms with Crippen LogP contribution in [-0.2, 0) is 4.79 Å². The van der Waals surface area contributed by atoms with Gasteiger partial charge in [-0.25, -0.2) is 8.78 Å². The number of hydrogen-bond donors (Lipinski definition) is 0. The minimum Gasteiger partial charge on any atom is -0.497 e. The van der Waals surface area contributed by atoms with E-state index in [2.05, 4.69) is 9.80 Å². The summed E-state index contributed by atoms with van der Waals surface area (Å²) in [5.74, 6) is 0.419. The highest BCUT2D eigenvalue weighted by atomic mass is 19.1. The van der Waals surface area contributed by atoms with Crippen LogP contribution in [-0.4, -0.2) is 85.5 Å². The van der Waals surface area contributed by atoms with Crippen LogP contribution in [0.15, 0.2) is 66.7 Å². The number of carbonyl (C=O) groups is 2. The molecule has 3 aromatic carbocycles. The smallest absolute Gasteiger partial charge is 0.253 e. The molecule has 2 amide bonds. The van der Waals surface area contributed by atoms with Gasteiger partial charge in [0.2, 0.25) is 5.91 Å². The number of piperazine rings is 1. The predicted octanol–water partition coefficient (Wildman–Crippen LogP) is 5.05. The molecule has 2 fully saturated rings. The Morgan fingerprint density at radius 1 is 0.857 bits per heavy atom. The van der Waals surface area contributed by atoms with Gasteiger partial charge in [-0.3, -0.25) is 9.59 Å². The Morgan fingerprint density at radius 3 is 2.26 bits per heavy atom.